The number of pyridine rings is 1. The lowest BCUT2D eigenvalue weighted by atomic mass is 10.1. The van der Waals surface area contributed by atoms with Gasteiger partial charge in [0.25, 0.3) is 10.0 Å². The Morgan fingerprint density at radius 2 is 1.59 bits per heavy atom. The fourth-order valence-electron chi connectivity index (χ4n) is 2.56. The van der Waals surface area contributed by atoms with Crippen molar-refractivity contribution in [2.75, 3.05) is 11.8 Å². The van der Waals surface area contributed by atoms with Crippen LogP contribution in [0.4, 0.5) is 17.2 Å². The van der Waals surface area contributed by atoms with Crippen molar-refractivity contribution in [3.05, 3.63) is 65.9 Å². The van der Waals surface area contributed by atoms with Gasteiger partial charge in [-0.15, -0.1) is 0 Å². The number of ether oxygens (including phenoxy) is 1. The van der Waals surface area contributed by atoms with E-state index in [0.717, 1.165) is 0 Å². The summed E-state index contributed by atoms with van der Waals surface area (Å²) in [5, 5.41) is 18.1. The molecule has 0 aliphatic rings. The Morgan fingerprint density at radius 3 is 2.14 bits per heavy atom. The summed E-state index contributed by atoms with van der Waals surface area (Å²) >= 11 is 0. The van der Waals surface area contributed by atoms with Crippen molar-refractivity contribution < 1.29 is 18.3 Å². The molecule has 29 heavy (non-hydrogen) atoms. The smallest absolute Gasteiger partial charge is 0.263 e. The highest BCUT2D eigenvalue weighted by molar-refractivity contribution is 7.92. The van der Waals surface area contributed by atoms with Crippen LogP contribution in [0.1, 0.15) is 11.1 Å². The molecule has 1 aromatic heterocycles. The summed E-state index contributed by atoms with van der Waals surface area (Å²) in [6.45, 7) is 3.57. The lowest BCUT2D eigenvalue weighted by Gasteiger charge is -2.08. The summed E-state index contributed by atoms with van der Waals surface area (Å²) in [5.74, 6) is 0.951. The quantitative estimate of drug-likeness (QED) is 0.573. The molecular weight excluding hydrogens is 392 g/mol. The summed E-state index contributed by atoms with van der Waals surface area (Å²) in [5.41, 5.74) is 2.51. The second kappa shape index (κ2) is 8.27. The van der Waals surface area contributed by atoms with Gasteiger partial charge in [-0.2, -0.15) is 10.2 Å². The molecule has 0 amide bonds. The van der Waals surface area contributed by atoms with Crippen LogP contribution in [0.3, 0.4) is 0 Å². The number of phenolic OH excluding ortho intramolecular Hbond substituents is 1. The van der Waals surface area contributed by atoms with E-state index in [-0.39, 0.29) is 16.5 Å². The van der Waals surface area contributed by atoms with E-state index in [4.69, 9.17) is 4.74 Å². The molecule has 0 fully saturated rings. The van der Waals surface area contributed by atoms with E-state index in [1.807, 2.05) is 0 Å². The molecule has 9 heteroatoms. The standard InChI is InChI=1S/C20H20N4O4S/c1-13-10-16(11-14(2)20(13)25)23-22-15-4-7-18(8-5-15)29(26,27)24-19-9-6-17(28-3)12-21-19/h4-12,25H,1-3H3,(H,21,24)/b23-22+. The number of hydrogen-bond donors (Lipinski definition) is 2. The Bertz CT molecular complexity index is 1120. The first kappa shape index (κ1) is 20.3. The van der Waals surface area contributed by atoms with Crippen molar-refractivity contribution in [2.24, 2.45) is 10.2 Å². The third-order valence-electron chi connectivity index (χ3n) is 4.11. The minimum absolute atomic E-state index is 0.0744. The number of methoxy groups -OCH3 is 1. The van der Waals surface area contributed by atoms with Crippen molar-refractivity contribution in [3.8, 4) is 11.5 Å². The molecule has 2 aromatic carbocycles. The van der Waals surface area contributed by atoms with Gasteiger partial charge in [0.05, 0.1) is 29.6 Å². The van der Waals surface area contributed by atoms with Gasteiger partial charge >= 0.3 is 0 Å². The molecule has 150 valence electrons. The monoisotopic (exact) mass is 412 g/mol. The summed E-state index contributed by atoms with van der Waals surface area (Å²) < 4.78 is 32.4. The number of sulfonamides is 1. The highest BCUT2D eigenvalue weighted by atomic mass is 32.2. The molecule has 0 radical (unpaired) electrons. The number of aromatic nitrogens is 1. The van der Waals surface area contributed by atoms with Gasteiger partial charge in [0, 0.05) is 0 Å². The van der Waals surface area contributed by atoms with E-state index < -0.39 is 10.0 Å². The van der Waals surface area contributed by atoms with Crippen LogP contribution in [0.2, 0.25) is 0 Å². The van der Waals surface area contributed by atoms with E-state index in [2.05, 4.69) is 19.9 Å². The molecule has 0 unspecified atom stereocenters. The third kappa shape index (κ3) is 4.88. The number of rotatable bonds is 6. The molecule has 0 saturated heterocycles. The number of nitrogens with zero attached hydrogens (tertiary/aromatic N) is 3. The molecule has 3 rings (SSSR count). The Labute approximate surface area is 169 Å². The number of aryl methyl sites for hydroxylation is 2. The maximum absolute atomic E-state index is 12.5. The van der Waals surface area contributed by atoms with Crippen molar-refractivity contribution in [2.45, 2.75) is 18.7 Å². The van der Waals surface area contributed by atoms with Gasteiger partial charge in [-0.1, -0.05) is 0 Å². The number of hydrogen-bond acceptors (Lipinski definition) is 7. The maximum atomic E-state index is 12.5. The average molecular weight is 412 g/mol. The lowest BCUT2D eigenvalue weighted by molar-refractivity contribution is 0.413. The number of anilines is 1. The van der Waals surface area contributed by atoms with E-state index in [1.165, 1.54) is 31.5 Å². The second-order valence-electron chi connectivity index (χ2n) is 6.31. The van der Waals surface area contributed by atoms with Crippen LogP contribution in [-0.4, -0.2) is 25.6 Å². The Balaban J connectivity index is 1.74. The van der Waals surface area contributed by atoms with Crippen molar-refractivity contribution in [1.29, 1.82) is 0 Å². The van der Waals surface area contributed by atoms with Crippen LogP contribution in [0.15, 0.2) is 69.9 Å². The summed E-state index contributed by atoms with van der Waals surface area (Å²) in [4.78, 5) is 4.07. The molecule has 8 nitrogen and oxygen atoms in total. The van der Waals surface area contributed by atoms with Crippen molar-refractivity contribution >= 4 is 27.2 Å². The molecule has 0 aliphatic carbocycles. The van der Waals surface area contributed by atoms with E-state index in [9.17, 15) is 13.5 Å². The van der Waals surface area contributed by atoms with Gasteiger partial charge < -0.3 is 9.84 Å². The van der Waals surface area contributed by atoms with Gasteiger partial charge in [0.15, 0.2) is 0 Å². The summed E-state index contributed by atoms with van der Waals surface area (Å²) in [6, 6.07) is 12.6. The van der Waals surface area contributed by atoms with E-state index in [1.54, 1.807) is 44.2 Å². The maximum Gasteiger partial charge on any atom is 0.263 e. The molecule has 0 bridgehead atoms. The largest absolute Gasteiger partial charge is 0.507 e. The Morgan fingerprint density at radius 1 is 0.966 bits per heavy atom. The number of nitrogens with one attached hydrogen (secondary N) is 1. The number of benzene rings is 2. The van der Waals surface area contributed by atoms with Gasteiger partial charge in [-0.25, -0.2) is 13.4 Å². The molecule has 1 heterocycles. The second-order valence-corrected chi connectivity index (χ2v) is 7.99. The lowest BCUT2D eigenvalue weighted by Crippen LogP contribution is -2.13. The van der Waals surface area contributed by atoms with Crippen LogP contribution in [0.5, 0.6) is 11.5 Å². The van der Waals surface area contributed by atoms with E-state index in [0.29, 0.717) is 28.3 Å². The van der Waals surface area contributed by atoms with Gasteiger partial charge in [-0.05, 0) is 73.5 Å². The minimum atomic E-state index is -3.79. The molecule has 0 atom stereocenters. The fraction of sp³-hybridized carbons (Fsp3) is 0.150. The van der Waals surface area contributed by atoms with Crippen LogP contribution >= 0.6 is 0 Å². The first-order chi connectivity index (χ1) is 13.8. The first-order valence-corrected chi connectivity index (χ1v) is 10.1. The number of aromatic hydroxyl groups is 1. The van der Waals surface area contributed by atoms with Gasteiger partial charge in [-0.3, -0.25) is 4.72 Å². The summed E-state index contributed by atoms with van der Waals surface area (Å²) in [7, 11) is -2.28. The van der Waals surface area contributed by atoms with Crippen LogP contribution in [-0.2, 0) is 10.0 Å². The number of azo groups is 1. The normalized spacial score (nSPS) is 11.6. The topological polar surface area (TPSA) is 113 Å². The summed E-state index contributed by atoms with van der Waals surface area (Å²) in [6.07, 6.45) is 1.42. The average Bonchev–Trinajstić information content (AvgIpc) is 2.71. The zero-order valence-corrected chi connectivity index (χ0v) is 16.9. The molecule has 0 spiro atoms. The van der Waals surface area contributed by atoms with Crippen molar-refractivity contribution in [1.82, 2.24) is 4.98 Å². The van der Waals surface area contributed by atoms with Gasteiger partial charge in [0.2, 0.25) is 0 Å². The highest BCUT2D eigenvalue weighted by Crippen LogP contribution is 2.28. The van der Waals surface area contributed by atoms with E-state index >= 15 is 0 Å². The predicted molar refractivity (Wildman–Crippen MR) is 110 cm³/mol. The Hall–Kier alpha value is -3.46. The molecule has 2 N–H and O–H groups in total. The zero-order chi connectivity index (χ0) is 21.0. The molecule has 0 aliphatic heterocycles. The minimum Gasteiger partial charge on any atom is -0.507 e. The Kier molecular flexibility index (Phi) is 5.79. The molecule has 3 aromatic rings. The molecular formula is C20H20N4O4S. The molecule has 0 saturated carbocycles. The number of phenols is 1. The van der Waals surface area contributed by atoms with Crippen LogP contribution in [0, 0.1) is 13.8 Å². The van der Waals surface area contributed by atoms with Crippen LogP contribution in [0.25, 0.3) is 0 Å². The fourth-order valence-corrected chi connectivity index (χ4v) is 3.56. The first-order valence-electron chi connectivity index (χ1n) is 8.63. The third-order valence-corrected chi connectivity index (χ3v) is 5.49. The highest BCUT2D eigenvalue weighted by Gasteiger charge is 2.14. The van der Waals surface area contributed by atoms with Gasteiger partial charge in [0.1, 0.15) is 17.3 Å². The van der Waals surface area contributed by atoms with Crippen molar-refractivity contribution in [3.63, 3.8) is 0 Å². The zero-order valence-electron chi connectivity index (χ0n) is 16.1. The predicted octanol–water partition coefficient (Wildman–Crippen LogP) is 4.63. The van der Waals surface area contributed by atoms with Crippen LogP contribution < -0.4 is 9.46 Å². The SMILES string of the molecule is COc1ccc(NS(=O)(=O)c2ccc(/N=N/c3cc(C)c(O)c(C)c3)cc2)nc1.